The third-order valence-electron chi connectivity index (χ3n) is 11.1. The van der Waals surface area contributed by atoms with E-state index in [1.54, 1.807) is 0 Å². The van der Waals surface area contributed by atoms with Gasteiger partial charge in [-0.2, -0.15) is 0 Å². The summed E-state index contributed by atoms with van der Waals surface area (Å²) in [6.07, 6.45) is 67.2. The molecule has 0 spiro atoms. The number of hydrogen-bond acceptors (Lipinski definition) is 6. The molecule has 0 aromatic rings. The summed E-state index contributed by atoms with van der Waals surface area (Å²) in [6, 6.07) is 0. The van der Waals surface area contributed by atoms with Crippen LogP contribution in [0.2, 0.25) is 0 Å². The molecule has 0 aliphatic rings. The summed E-state index contributed by atoms with van der Waals surface area (Å²) in [5.41, 5.74) is 0. The van der Waals surface area contributed by atoms with E-state index in [4.69, 9.17) is 14.2 Å². The Balaban J connectivity index is 4.42. The van der Waals surface area contributed by atoms with Gasteiger partial charge in [0.15, 0.2) is 6.10 Å². The Morgan fingerprint density at radius 1 is 0.328 bits per heavy atom. The van der Waals surface area contributed by atoms with E-state index < -0.39 is 6.10 Å². The fourth-order valence-electron chi connectivity index (χ4n) is 7.10. The zero-order valence-corrected chi connectivity index (χ0v) is 41.8. The first-order chi connectivity index (χ1) is 31.5. The molecule has 0 saturated heterocycles. The highest BCUT2D eigenvalue weighted by Crippen LogP contribution is 2.14. The van der Waals surface area contributed by atoms with E-state index in [9.17, 15) is 14.4 Å². The zero-order chi connectivity index (χ0) is 46.5. The van der Waals surface area contributed by atoms with Crippen LogP contribution in [0, 0.1) is 0 Å². The van der Waals surface area contributed by atoms with Crippen molar-refractivity contribution in [3.05, 3.63) is 85.1 Å². The predicted octanol–water partition coefficient (Wildman–Crippen LogP) is 17.6. The Morgan fingerprint density at radius 3 is 1.06 bits per heavy atom. The highest BCUT2D eigenvalue weighted by Gasteiger charge is 2.19. The molecule has 0 bridgehead atoms. The van der Waals surface area contributed by atoms with Gasteiger partial charge in [0.25, 0.3) is 0 Å². The smallest absolute Gasteiger partial charge is 0.306 e. The molecular formula is C58H98O6. The Morgan fingerprint density at radius 2 is 0.641 bits per heavy atom. The van der Waals surface area contributed by atoms with E-state index in [0.717, 1.165) is 96.3 Å². The molecule has 0 saturated carbocycles. The first-order valence-electron chi connectivity index (χ1n) is 26.6. The number of esters is 3. The van der Waals surface area contributed by atoms with Gasteiger partial charge in [-0.1, -0.05) is 209 Å². The van der Waals surface area contributed by atoms with Gasteiger partial charge < -0.3 is 14.2 Å². The standard InChI is InChI=1S/C58H98O6/c1-4-7-10-13-16-19-22-24-26-28-29-31-32-34-36-39-42-45-48-51-57(60)63-54-55(53-62-56(59)50-47-44-41-38-21-18-15-12-9-6-3)64-58(61)52-49-46-43-40-37-35-33-30-27-25-23-20-17-14-11-8-5-2/h7,10,15-16,18-19,24-27,33,35,40,43,55H,4-6,8-9,11-14,17,20-23,28-32,34,36-39,41-42,44-54H2,1-3H3/b10-7-,18-15-,19-16-,26-24-,27-25-,35-33-,43-40-. The lowest BCUT2D eigenvalue weighted by Crippen LogP contribution is -2.30. The van der Waals surface area contributed by atoms with Crippen molar-refractivity contribution in [3.8, 4) is 0 Å². The minimum atomic E-state index is -0.809. The first kappa shape index (κ1) is 60.6. The second-order valence-corrected chi connectivity index (χ2v) is 17.4. The summed E-state index contributed by atoms with van der Waals surface area (Å²) < 4.78 is 16.7. The van der Waals surface area contributed by atoms with Crippen LogP contribution >= 0.6 is 0 Å². The Bertz CT molecular complexity index is 1250. The van der Waals surface area contributed by atoms with E-state index in [1.165, 1.54) is 103 Å². The van der Waals surface area contributed by atoms with Gasteiger partial charge in [0.1, 0.15) is 13.2 Å². The summed E-state index contributed by atoms with van der Waals surface area (Å²) in [4.78, 5) is 37.9. The van der Waals surface area contributed by atoms with Crippen LogP contribution in [-0.2, 0) is 28.6 Å². The van der Waals surface area contributed by atoms with Crippen molar-refractivity contribution in [3.63, 3.8) is 0 Å². The second kappa shape index (κ2) is 52.2. The highest BCUT2D eigenvalue weighted by molar-refractivity contribution is 5.71. The van der Waals surface area contributed by atoms with Gasteiger partial charge in [-0.3, -0.25) is 14.4 Å². The molecule has 64 heavy (non-hydrogen) atoms. The van der Waals surface area contributed by atoms with Crippen molar-refractivity contribution in [1.29, 1.82) is 0 Å². The third-order valence-corrected chi connectivity index (χ3v) is 11.1. The molecule has 366 valence electrons. The molecule has 0 aliphatic heterocycles. The quantitative estimate of drug-likeness (QED) is 0.0262. The topological polar surface area (TPSA) is 78.9 Å². The minimum Gasteiger partial charge on any atom is -0.462 e. The van der Waals surface area contributed by atoms with E-state index >= 15 is 0 Å². The average molecular weight is 891 g/mol. The number of ether oxygens (including phenoxy) is 3. The molecule has 1 atom stereocenters. The number of hydrogen-bond donors (Lipinski definition) is 0. The summed E-state index contributed by atoms with van der Waals surface area (Å²) >= 11 is 0. The van der Waals surface area contributed by atoms with Gasteiger partial charge in [-0.25, -0.2) is 0 Å². The molecule has 0 aromatic heterocycles. The fraction of sp³-hybridized carbons (Fsp3) is 0.707. The monoisotopic (exact) mass is 891 g/mol. The van der Waals surface area contributed by atoms with Crippen LogP contribution in [0.15, 0.2) is 85.1 Å². The normalized spacial score (nSPS) is 12.7. The molecule has 0 N–H and O–H groups in total. The molecule has 6 heteroatoms. The van der Waals surface area contributed by atoms with Crippen LogP contribution in [0.1, 0.15) is 245 Å². The maximum Gasteiger partial charge on any atom is 0.306 e. The molecule has 0 rings (SSSR count). The molecule has 0 radical (unpaired) electrons. The number of unbranched alkanes of at least 4 members (excludes halogenated alkanes) is 22. The van der Waals surface area contributed by atoms with Gasteiger partial charge >= 0.3 is 17.9 Å². The van der Waals surface area contributed by atoms with Crippen LogP contribution in [0.4, 0.5) is 0 Å². The van der Waals surface area contributed by atoms with Crippen molar-refractivity contribution in [2.45, 2.75) is 252 Å². The van der Waals surface area contributed by atoms with Crippen molar-refractivity contribution >= 4 is 17.9 Å². The third kappa shape index (κ3) is 49.6. The lowest BCUT2D eigenvalue weighted by Gasteiger charge is -2.18. The number of rotatable bonds is 47. The van der Waals surface area contributed by atoms with E-state index in [0.29, 0.717) is 19.3 Å². The molecule has 0 heterocycles. The van der Waals surface area contributed by atoms with E-state index in [-0.39, 0.29) is 37.5 Å². The molecule has 0 aliphatic carbocycles. The van der Waals surface area contributed by atoms with Crippen molar-refractivity contribution < 1.29 is 28.6 Å². The maximum atomic E-state index is 12.8. The fourth-order valence-corrected chi connectivity index (χ4v) is 7.10. The van der Waals surface area contributed by atoms with Crippen LogP contribution in [0.5, 0.6) is 0 Å². The van der Waals surface area contributed by atoms with Gasteiger partial charge in [-0.15, -0.1) is 0 Å². The van der Waals surface area contributed by atoms with Crippen LogP contribution in [-0.4, -0.2) is 37.2 Å². The second-order valence-electron chi connectivity index (χ2n) is 17.4. The Labute approximate surface area is 395 Å². The summed E-state index contributed by atoms with van der Waals surface area (Å²) in [6.45, 7) is 6.42. The average Bonchev–Trinajstić information content (AvgIpc) is 3.29. The Kier molecular flexibility index (Phi) is 49.4. The lowest BCUT2D eigenvalue weighted by molar-refractivity contribution is -0.167. The first-order valence-corrected chi connectivity index (χ1v) is 26.6. The summed E-state index contributed by atoms with van der Waals surface area (Å²) in [7, 11) is 0. The van der Waals surface area contributed by atoms with Crippen molar-refractivity contribution in [2.75, 3.05) is 13.2 Å². The van der Waals surface area contributed by atoms with Crippen LogP contribution in [0.3, 0.4) is 0 Å². The van der Waals surface area contributed by atoms with E-state index in [2.05, 4.69) is 106 Å². The van der Waals surface area contributed by atoms with Crippen molar-refractivity contribution in [2.24, 2.45) is 0 Å². The van der Waals surface area contributed by atoms with Gasteiger partial charge in [0.05, 0.1) is 0 Å². The predicted molar refractivity (Wildman–Crippen MR) is 274 cm³/mol. The molecule has 6 nitrogen and oxygen atoms in total. The van der Waals surface area contributed by atoms with Crippen LogP contribution in [0.25, 0.3) is 0 Å². The Hall–Kier alpha value is -3.41. The number of carbonyl (C=O) groups is 3. The van der Waals surface area contributed by atoms with Gasteiger partial charge in [0.2, 0.25) is 0 Å². The summed E-state index contributed by atoms with van der Waals surface area (Å²) in [5, 5.41) is 0. The van der Waals surface area contributed by atoms with Gasteiger partial charge in [0, 0.05) is 19.3 Å². The van der Waals surface area contributed by atoms with Crippen LogP contribution < -0.4 is 0 Å². The molecule has 0 aromatic carbocycles. The zero-order valence-electron chi connectivity index (χ0n) is 41.8. The van der Waals surface area contributed by atoms with E-state index in [1.807, 2.05) is 0 Å². The largest absolute Gasteiger partial charge is 0.462 e. The molecule has 0 fully saturated rings. The maximum absolute atomic E-state index is 12.8. The number of carbonyl (C=O) groups excluding carboxylic acids is 3. The molecular weight excluding hydrogens is 793 g/mol. The van der Waals surface area contributed by atoms with Gasteiger partial charge in [-0.05, 0) is 103 Å². The minimum absolute atomic E-state index is 0.103. The SMILES string of the molecule is CC/C=C\C/C=C\C/C=C\CCCCCCCCCCCC(=O)OCC(COC(=O)CCCCCC/C=C\CCCC)OC(=O)CCC/C=C\C/C=C\C/C=C\CCCCCCCC. The molecule has 1 unspecified atom stereocenters. The van der Waals surface area contributed by atoms with Crippen molar-refractivity contribution in [1.82, 2.24) is 0 Å². The summed E-state index contributed by atoms with van der Waals surface area (Å²) in [5.74, 6) is -0.976. The highest BCUT2D eigenvalue weighted by atomic mass is 16.6. The number of allylic oxidation sites excluding steroid dienone is 14. The lowest BCUT2D eigenvalue weighted by atomic mass is 10.1. The molecule has 0 amide bonds.